The van der Waals surface area contributed by atoms with Crippen LogP contribution in [0.1, 0.15) is 27.6 Å². The lowest BCUT2D eigenvalue weighted by Gasteiger charge is -2.08. The molecule has 0 aliphatic carbocycles. The van der Waals surface area contributed by atoms with E-state index in [0.29, 0.717) is 11.3 Å². The molecule has 1 amide bonds. The number of amides is 1. The third-order valence-electron chi connectivity index (χ3n) is 3.18. The molecule has 0 fully saturated rings. The molecule has 6 nitrogen and oxygen atoms in total. The van der Waals surface area contributed by atoms with Crippen molar-refractivity contribution in [2.75, 3.05) is 18.5 Å². The first kappa shape index (κ1) is 19.4. The number of rotatable bonds is 6. The highest BCUT2D eigenvalue weighted by Gasteiger charge is 2.18. The maximum Gasteiger partial charge on any atom is 0.343 e. The summed E-state index contributed by atoms with van der Waals surface area (Å²) in [5, 5.41) is 2.37. The van der Waals surface area contributed by atoms with Crippen LogP contribution in [0.15, 0.2) is 42.5 Å². The van der Waals surface area contributed by atoms with Gasteiger partial charge in [-0.2, -0.15) is 0 Å². The van der Waals surface area contributed by atoms with E-state index in [2.05, 4.69) is 5.32 Å². The van der Waals surface area contributed by atoms with Gasteiger partial charge < -0.3 is 14.8 Å². The van der Waals surface area contributed by atoms with Crippen LogP contribution in [0.4, 0.5) is 10.1 Å². The Hall–Kier alpha value is -2.93. The van der Waals surface area contributed by atoms with Gasteiger partial charge in [-0.25, -0.2) is 14.0 Å². The van der Waals surface area contributed by atoms with E-state index in [1.807, 2.05) is 0 Å². The van der Waals surface area contributed by atoms with Crippen molar-refractivity contribution in [1.82, 2.24) is 0 Å². The van der Waals surface area contributed by atoms with E-state index in [4.69, 9.17) is 21.1 Å². The quantitative estimate of drug-likeness (QED) is 0.777. The standard InChI is InChI=1S/C18H15ClFNO5/c1-2-25-17(23)11-6-8-12(9-7-11)21-15(22)10-26-18(24)16-13(19)4-3-5-14(16)20/h3-9H,2,10H2,1H3,(H,21,22). The van der Waals surface area contributed by atoms with Gasteiger partial charge in [0.15, 0.2) is 6.61 Å². The second-order valence-corrected chi connectivity index (χ2v) is 5.43. The van der Waals surface area contributed by atoms with Crippen molar-refractivity contribution in [2.24, 2.45) is 0 Å². The van der Waals surface area contributed by atoms with Crippen LogP contribution in [0, 0.1) is 5.82 Å². The van der Waals surface area contributed by atoms with E-state index in [-0.39, 0.29) is 11.6 Å². The van der Waals surface area contributed by atoms with Gasteiger partial charge in [-0.1, -0.05) is 17.7 Å². The zero-order valence-corrected chi connectivity index (χ0v) is 14.5. The summed E-state index contributed by atoms with van der Waals surface area (Å²) in [5.74, 6) is -2.98. The molecular formula is C18H15ClFNO5. The Morgan fingerprint density at radius 2 is 1.73 bits per heavy atom. The SMILES string of the molecule is CCOC(=O)c1ccc(NC(=O)COC(=O)c2c(F)cccc2Cl)cc1. The maximum atomic E-state index is 13.6. The number of halogens is 2. The Bertz CT molecular complexity index is 803. The maximum absolute atomic E-state index is 13.6. The number of carbonyl (C=O) groups is 3. The molecule has 0 atom stereocenters. The third kappa shape index (κ3) is 5.03. The number of ether oxygens (including phenoxy) is 2. The molecule has 0 saturated heterocycles. The summed E-state index contributed by atoms with van der Waals surface area (Å²) < 4.78 is 23.2. The molecule has 2 aromatic rings. The number of carbonyl (C=O) groups excluding carboxylic acids is 3. The number of anilines is 1. The Kier molecular flexibility index (Phi) is 6.68. The molecule has 2 rings (SSSR count). The average Bonchev–Trinajstić information content (AvgIpc) is 2.60. The van der Waals surface area contributed by atoms with E-state index in [1.165, 1.54) is 36.4 Å². The van der Waals surface area contributed by atoms with Crippen LogP contribution >= 0.6 is 11.6 Å². The summed E-state index contributed by atoms with van der Waals surface area (Å²) in [6.07, 6.45) is 0. The van der Waals surface area contributed by atoms with Crippen LogP contribution in [0.3, 0.4) is 0 Å². The van der Waals surface area contributed by atoms with Crippen LogP contribution in [-0.4, -0.2) is 31.1 Å². The van der Waals surface area contributed by atoms with E-state index in [9.17, 15) is 18.8 Å². The molecular weight excluding hydrogens is 365 g/mol. The van der Waals surface area contributed by atoms with Crippen molar-refractivity contribution in [3.8, 4) is 0 Å². The van der Waals surface area contributed by atoms with Gasteiger partial charge in [-0.15, -0.1) is 0 Å². The van der Waals surface area contributed by atoms with E-state index >= 15 is 0 Å². The van der Waals surface area contributed by atoms with Crippen LogP contribution in [-0.2, 0) is 14.3 Å². The van der Waals surface area contributed by atoms with Gasteiger partial charge in [0.2, 0.25) is 0 Å². The van der Waals surface area contributed by atoms with Gasteiger partial charge in [0.1, 0.15) is 11.4 Å². The minimum Gasteiger partial charge on any atom is -0.462 e. The smallest absolute Gasteiger partial charge is 0.343 e. The predicted octanol–water partition coefficient (Wildman–Crippen LogP) is 3.45. The Morgan fingerprint density at radius 3 is 2.35 bits per heavy atom. The first-order valence-electron chi connectivity index (χ1n) is 7.60. The van der Waals surface area contributed by atoms with E-state index < -0.39 is 35.8 Å². The number of benzene rings is 2. The van der Waals surface area contributed by atoms with Gasteiger partial charge >= 0.3 is 11.9 Å². The second-order valence-electron chi connectivity index (χ2n) is 5.02. The first-order chi connectivity index (χ1) is 12.4. The summed E-state index contributed by atoms with van der Waals surface area (Å²) in [5.41, 5.74) is 0.300. The first-order valence-corrected chi connectivity index (χ1v) is 7.98. The number of nitrogens with one attached hydrogen (secondary N) is 1. The summed E-state index contributed by atoms with van der Waals surface area (Å²) in [7, 11) is 0. The fourth-order valence-corrected chi connectivity index (χ4v) is 2.24. The average molecular weight is 380 g/mol. The minimum atomic E-state index is -1.04. The van der Waals surface area contributed by atoms with Gasteiger partial charge in [-0.3, -0.25) is 4.79 Å². The van der Waals surface area contributed by atoms with Gasteiger partial charge in [0, 0.05) is 5.69 Å². The lowest BCUT2D eigenvalue weighted by molar-refractivity contribution is -0.119. The van der Waals surface area contributed by atoms with Crippen molar-refractivity contribution in [3.63, 3.8) is 0 Å². The molecule has 0 aliphatic rings. The summed E-state index contributed by atoms with van der Waals surface area (Å²) in [4.78, 5) is 35.2. The highest BCUT2D eigenvalue weighted by molar-refractivity contribution is 6.33. The van der Waals surface area contributed by atoms with Crippen molar-refractivity contribution in [3.05, 3.63) is 64.4 Å². The molecule has 0 spiro atoms. The fraction of sp³-hybridized carbons (Fsp3) is 0.167. The van der Waals surface area contributed by atoms with Crippen molar-refractivity contribution < 1.29 is 28.2 Å². The molecule has 8 heteroatoms. The Labute approximate surface area is 153 Å². The number of esters is 2. The zero-order valence-electron chi connectivity index (χ0n) is 13.8. The van der Waals surface area contributed by atoms with Crippen molar-refractivity contribution in [2.45, 2.75) is 6.92 Å². The lowest BCUT2D eigenvalue weighted by atomic mass is 10.2. The second kappa shape index (κ2) is 8.96. The van der Waals surface area contributed by atoms with Crippen molar-refractivity contribution >= 4 is 35.1 Å². The molecule has 0 saturated carbocycles. The Balaban J connectivity index is 1.91. The third-order valence-corrected chi connectivity index (χ3v) is 3.50. The van der Waals surface area contributed by atoms with Crippen molar-refractivity contribution in [1.29, 1.82) is 0 Å². The molecule has 1 N–H and O–H groups in total. The summed E-state index contributed by atoms with van der Waals surface area (Å²) >= 11 is 5.75. The molecule has 136 valence electrons. The molecule has 26 heavy (non-hydrogen) atoms. The predicted molar refractivity (Wildman–Crippen MR) is 92.7 cm³/mol. The largest absolute Gasteiger partial charge is 0.462 e. The van der Waals surface area contributed by atoms with Crippen LogP contribution < -0.4 is 5.32 Å². The lowest BCUT2D eigenvalue weighted by Crippen LogP contribution is -2.21. The van der Waals surface area contributed by atoms with E-state index in [1.54, 1.807) is 6.92 Å². The van der Waals surface area contributed by atoms with Gasteiger partial charge in [0.05, 0.1) is 17.2 Å². The summed E-state index contributed by atoms with van der Waals surface area (Å²) in [6.45, 7) is 1.33. The molecule has 0 heterocycles. The zero-order chi connectivity index (χ0) is 19.1. The number of hydrogen-bond donors (Lipinski definition) is 1. The molecule has 0 aromatic heterocycles. The van der Waals surface area contributed by atoms with Crippen LogP contribution in [0.25, 0.3) is 0 Å². The molecule has 2 aromatic carbocycles. The monoisotopic (exact) mass is 379 g/mol. The van der Waals surface area contributed by atoms with Crippen LogP contribution in [0.5, 0.6) is 0 Å². The molecule has 0 bridgehead atoms. The highest BCUT2D eigenvalue weighted by atomic mass is 35.5. The van der Waals surface area contributed by atoms with Gasteiger partial charge in [-0.05, 0) is 43.3 Å². The molecule has 0 radical (unpaired) electrons. The molecule has 0 aliphatic heterocycles. The molecule has 0 unspecified atom stereocenters. The topological polar surface area (TPSA) is 81.7 Å². The fourth-order valence-electron chi connectivity index (χ4n) is 2.00. The minimum absolute atomic E-state index is 0.107. The summed E-state index contributed by atoms with van der Waals surface area (Å²) in [6, 6.07) is 9.72. The van der Waals surface area contributed by atoms with Gasteiger partial charge in [0.25, 0.3) is 5.91 Å². The normalized spacial score (nSPS) is 10.1. The highest BCUT2D eigenvalue weighted by Crippen LogP contribution is 2.19. The van der Waals surface area contributed by atoms with E-state index in [0.717, 1.165) is 6.07 Å². The number of hydrogen-bond acceptors (Lipinski definition) is 5. The Morgan fingerprint density at radius 1 is 1.04 bits per heavy atom. The van der Waals surface area contributed by atoms with Crippen LogP contribution in [0.2, 0.25) is 5.02 Å².